The van der Waals surface area contributed by atoms with Gasteiger partial charge in [0.15, 0.2) is 11.5 Å². The molecule has 0 aliphatic heterocycles. The first kappa shape index (κ1) is 20.7. The van der Waals surface area contributed by atoms with Crippen LogP contribution in [0.3, 0.4) is 0 Å². The zero-order chi connectivity index (χ0) is 19.9. The van der Waals surface area contributed by atoms with E-state index in [1.807, 2.05) is 66.9 Å². The summed E-state index contributed by atoms with van der Waals surface area (Å²) in [5, 5.41) is 16.4. The molecule has 0 aliphatic rings. The topological polar surface area (TPSA) is 50.7 Å². The summed E-state index contributed by atoms with van der Waals surface area (Å²) < 4.78 is 11.4. The number of halogens is 1. The van der Waals surface area contributed by atoms with E-state index >= 15 is 0 Å². The van der Waals surface area contributed by atoms with Crippen LogP contribution in [0.15, 0.2) is 60.0 Å². The number of aliphatic hydroxyl groups excluding tert-OH is 1. The number of thiophene rings is 1. The van der Waals surface area contributed by atoms with Gasteiger partial charge in [-0.05, 0) is 41.6 Å². The normalized spacial score (nSPS) is 13.1. The fourth-order valence-electron chi connectivity index (χ4n) is 2.88. The zero-order valence-electron chi connectivity index (χ0n) is 15.9. The molecule has 0 aliphatic carbocycles. The van der Waals surface area contributed by atoms with Crippen LogP contribution in [0.4, 0.5) is 0 Å². The van der Waals surface area contributed by atoms with Crippen LogP contribution in [-0.4, -0.2) is 18.3 Å². The first-order valence-corrected chi connectivity index (χ1v) is 10.3. The van der Waals surface area contributed by atoms with Crippen molar-refractivity contribution in [3.63, 3.8) is 0 Å². The highest BCUT2D eigenvalue weighted by Gasteiger charge is 2.17. The first-order chi connectivity index (χ1) is 13.6. The Morgan fingerprint density at radius 2 is 1.93 bits per heavy atom. The smallest absolute Gasteiger partial charge is 0.180 e. The Morgan fingerprint density at radius 3 is 2.61 bits per heavy atom. The van der Waals surface area contributed by atoms with Crippen molar-refractivity contribution in [3.05, 3.63) is 81.0 Å². The molecule has 2 atom stereocenters. The Labute approximate surface area is 174 Å². The first-order valence-electron chi connectivity index (χ1n) is 9.06. The third-order valence-corrected chi connectivity index (χ3v) is 5.60. The lowest BCUT2D eigenvalue weighted by Gasteiger charge is -2.21. The van der Waals surface area contributed by atoms with Gasteiger partial charge in [-0.3, -0.25) is 0 Å². The molecule has 0 saturated heterocycles. The van der Waals surface area contributed by atoms with Gasteiger partial charge >= 0.3 is 0 Å². The van der Waals surface area contributed by atoms with Gasteiger partial charge in [0.2, 0.25) is 0 Å². The molecular weight excluding hydrogens is 394 g/mol. The number of hydrogen-bond acceptors (Lipinski definition) is 5. The van der Waals surface area contributed by atoms with E-state index in [1.165, 1.54) is 0 Å². The summed E-state index contributed by atoms with van der Waals surface area (Å²) in [6, 6.07) is 17.3. The molecule has 2 aromatic carbocycles. The molecule has 28 heavy (non-hydrogen) atoms. The summed E-state index contributed by atoms with van der Waals surface area (Å²) in [4.78, 5) is 1.12. The minimum Gasteiger partial charge on any atom is -0.493 e. The minimum atomic E-state index is -0.591. The summed E-state index contributed by atoms with van der Waals surface area (Å²) >= 11 is 8.08. The van der Waals surface area contributed by atoms with Crippen LogP contribution >= 0.6 is 22.9 Å². The van der Waals surface area contributed by atoms with Crippen LogP contribution in [0.25, 0.3) is 0 Å². The molecule has 4 nitrogen and oxygen atoms in total. The molecule has 0 fully saturated rings. The van der Waals surface area contributed by atoms with E-state index < -0.39 is 6.10 Å². The van der Waals surface area contributed by atoms with E-state index in [0.717, 1.165) is 16.0 Å². The third kappa shape index (κ3) is 5.26. The molecule has 148 valence electrons. The van der Waals surface area contributed by atoms with Crippen molar-refractivity contribution in [2.75, 3.05) is 7.11 Å². The van der Waals surface area contributed by atoms with E-state index in [-0.39, 0.29) is 6.04 Å². The van der Waals surface area contributed by atoms with Crippen LogP contribution in [-0.2, 0) is 13.2 Å². The molecular formula is C22H24ClNO3S. The molecule has 3 aromatic rings. The van der Waals surface area contributed by atoms with Gasteiger partial charge in [0.05, 0.1) is 18.2 Å². The predicted octanol–water partition coefficient (Wildman–Crippen LogP) is 5.20. The summed E-state index contributed by atoms with van der Waals surface area (Å²) in [5.41, 5.74) is 1.84. The maximum atomic E-state index is 10.5. The standard InChI is InChI=1S/C22H24ClNO3S/c1-15(21(25)17-7-4-3-5-8-17)24-13-16-11-19(23)22(20(12-16)26-2)27-14-18-9-6-10-28-18/h3-12,15,21,24-25H,13-14H2,1-2H3/t15-,21+/m1/s1. The van der Waals surface area contributed by atoms with Gasteiger partial charge in [-0.15, -0.1) is 11.3 Å². The zero-order valence-corrected chi connectivity index (χ0v) is 17.5. The predicted molar refractivity (Wildman–Crippen MR) is 114 cm³/mol. The fourth-order valence-corrected chi connectivity index (χ4v) is 3.79. The molecule has 0 spiro atoms. The molecule has 1 heterocycles. The lowest BCUT2D eigenvalue weighted by Crippen LogP contribution is -2.31. The molecule has 2 N–H and O–H groups in total. The van der Waals surface area contributed by atoms with E-state index in [2.05, 4.69) is 5.32 Å². The van der Waals surface area contributed by atoms with Gasteiger partial charge in [-0.2, -0.15) is 0 Å². The second-order valence-electron chi connectivity index (χ2n) is 6.50. The molecule has 0 unspecified atom stereocenters. The Bertz CT molecular complexity index is 871. The number of ether oxygens (including phenoxy) is 2. The van der Waals surface area contributed by atoms with E-state index in [9.17, 15) is 5.11 Å². The van der Waals surface area contributed by atoms with Crippen molar-refractivity contribution in [3.8, 4) is 11.5 Å². The SMILES string of the molecule is COc1cc(CN[C@H](C)[C@H](O)c2ccccc2)cc(Cl)c1OCc1cccs1. The Hall–Kier alpha value is -2.05. The monoisotopic (exact) mass is 417 g/mol. The third-order valence-electron chi connectivity index (χ3n) is 4.47. The van der Waals surface area contributed by atoms with Crippen molar-refractivity contribution in [2.45, 2.75) is 32.2 Å². The van der Waals surface area contributed by atoms with E-state index in [4.69, 9.17) is 21.1 Å². The van der Waals surface area contributed by atoms with Gasteiger partial charge in [0, 0.05) is 17.5 Å². The maximum Gasteiger partial charge on any atom is 0.180 e. The van der Waals surface area contributed by atoms with Crippen LogP contribution in [0.2, 0.25) is 5.02 Å². The quantitative estimate of drug-likeness (QED) is 0.502. The van der Waals surface area contributed by atoms with Crippen LogP contribution in [0.1, 0.15) is 29.0 Å². The second-order valence-corrected chi connectivity index (χ2v) is 7.94. The lowest BCUT2D eigenvalue weighted by molar-refractivity contribution is 0.135. The van der Waals surface area contributed by atoms with Crippen LogP contribution in [0, 0.1) is 0 Å². The lowest BCUT2D eigenvalue weighted by atomic mass is 10.0. The number of methoxy groups -OCH3 is 1. The molecule has 1 aromatic heterocycles. The van der Waals surface area contributed by atoms with Gasteiger partial charge in [-0.1, -0.05) is 48.0 Å². The average molecular weight is 418 g/mol. The maximum absolute atomic E-state index is 10.5. The van der Waals surface area contributed by atoms with Crippen molar-refractivity contribution < 1.29 is 14.6 Å². The Balaban J connectivity index is 1.64. The molecule has 0 bridgehead atoms. The number of hydrogen-bond donors (Lipinski definition) is 2. The summed E-state index contributed by atoms with van der Waals surface area (Å²) in [7, 11) is 1.60. The number of rotatable bonds is 9. The molecule has 0 saturated carbocycles. The molecule has 6 heteroatoms. The van der Waals surface area contributed by atoms with Crippen molar-refractivity contribution >= 4 is 22.9 Å². The van der Waals surface area contributed by atoms with E-state index in [1.54, 1.807) is 18.4 Å². The number of aliphatic hydroxyl groups is 1. The Kier molecular flexibility index (Phi) is 7.34. The summed E-state index contributed by atoms with van der Waals surface area (Å²) in [6.07, 6.45) is -0.591. The van der Waals surface area contributed by atoms with Crippen molar-refractivity contribution in [1.82, 2.24) is 5.32 Å². The number of benzene rings is 2. The highest BCUT2D eigenvalue weighted by atomic mass is 35.5. The van der Waals surface area contributed by atoms with E-state index in [0.29, 0.717) is 29.7 Å². The molecule has 3 rings (SSSR count). The summed E-state index contributed by atoms with van der Waals surface area (Å²) in [5.74, 6) is 1.14. The molecule has 0 amide bonds. The molecule has 0 radical (unpaired) electrons. The highest BCUT2D eigenvalue weighted by Crippen LogP contribution is 2.37. The fraction of sp³-hybridized carbons (Fsp3) is 0.273. The van der Waals surface area contributed by atoms with Gasteiger partial charge in [-0.25, -0.2) is 0 Å². The van der Waals surface area contributed by atoms with Crippen molar-refractivity contribution in [1.29, 1.82) is 0 Å². The highest BCUT2D eigenvalue weighted by molar-refractivity contribution is 7.09. The average Bonchev–Trinajstić information content (AvgIpc) is 3.24. The van der Waals surface area contributed by atoms with Crippen LogP contribution < -0.4 is 14.8 Å². The second kappa shape index (κ2) is 9.94. The number of nitrogens with one attached hydrogen (secondary N) is 1. The minimum absolute atomic E-state index is 0.123. The van der Waals surface area contributed by atoms with Crippen molar-refractivity contribution in [2.24, 2.45) is 0 Å². The largest absolute Gasteiger partial charge is 0.493 e. The van der Waals surface area contributed by atoms with Crippen LogP contribution in [0.5, 0.6) is 11.5 Å². The Morgan fingerprint density at radius 1 is 1.14 bits per heavy atom. The van der Waals surface area contributed by atoms with Gasteiger partial charge < -0.3 is 19.9 Å². The van der Waals surface area contributed by atoms with Gasteiger partial charge in [0.1, 0.15) is 6.61 Å². The summed E-state index contributed by atoms with van der Waals surface area (Å²) in [6.45, 7) is 2.95. The van der Waals surface area contributed by atoms with Gasteiger partial charge in [0.25, 0.3) is 0 Å².